The fourth-order valence-electron chi connectivity index (χ4n) is 1.43. The Labute approximate surface area is 107 Å². The summed E-state index contributed by atoms with van der Waals surface area (Å²) in [6.45, 7) is 3.94. The summed E-state index contributed by atoms with van der Waals surface area (Å²) in [4.78, 5) is 11.7. The molecule has 1 amide bonds. The highest BCUT2D eigenvalue weighted by atomic mass is 16.5. The monoisotopic (exact) mass is 252 g/mol. The molecule has 1 atom stereocenters. The predicted octanol–water partition coefficient (Wildman–Crippen LogP) is 1.71. The van der Waals surface area contributed by atoms with Gasteiger partial charge in [0.05, 0.1) is 7.11 Å². The van der Waals surface area contributed by atoms with Crippen LogP contribution in [0.25, 0.3) is 0 Å². The summed E-state index contributed by atoms with van der Waals surface area (Å²) in [6.07, 6.45) is 0.254. The van der Waals surface area contributed by atoms with E-state index in [1.807, 2.05) is 13.8 Å². The van der Waals surface area contributed by atoms with E-state index in [4.69, 9.17) is 10.5 Å². The normalized spacial score (nSPS) is 12.3. The number of hydrogen-bond acceptors (Lipinski definition) is 4. The number of amides is 1. The minimum Gasteiger partial charge on any atom is -0.504 e. The first-order chi connectivity index (χ1) is 8.43. The van der Waals surface area contributed by atoms with E-state index in [9.17, 15) is 9.90 Å². The molecule has 0 spiro atoms. The van der Waals surface area contributed by atoms with E-state index >= 15 is 0 Å². The Balaban J connectivity index is 2.62. The van der Waals surface area contributed by atoms with E-state index in [1.165, 1.54) is 13.2 Å². The van der Waals surface area contributed by atoms with Crippen molar-refractivity contribution in [1.29, 1.82) is 0 Å². The van der Waals surface area contributed by atoms with Crippen molar-refractivity contribution in [3.8, 4) is 11.5 Å². The molecule has 0 aliphatic rings. The number of carbonyl (C=O) groups excluding carboxylic acids is 1. The summed E-state index contributed by atoms with van der Waals surface area (Å²) in [6, 6.07) is 4.53. The van der Waals surface area contributed by atoms with Crippen LogP contribution in [0.2, 0.25) is 0 Å². The standard InChI is InChI=1S/C13H20N2O3/c1-8(2)10(14)7-13(17)15-9-4-5-12(18-3)11(16)6-9/h4-6,8,10,16H,7,14H2,1-3H3,(H,15,17). The molecule has 0 aliphatic carbocycles. The molecule has 0 aromatic heterocycles. The molecule has 4 N–H and O–H groups in total. The van der Waals surface area contributed by atoms with Crippen LogP contribution >= 0.6 is 0 Å². The third kappa shape index (κ3) is 3.92. The third-order valence-corrected chi connectivity index (χ3v) is 2.74. The average Bonchev–Trinajstić information content (AvgIpc) is 2.28. The molecule has 0 bridgehead atoms. The molecule has 0 saturated carbocycles. The Hall–Kier alpha value is -1.75. The molecule has 18 heavy (non-hydrogen) atoms. The SMILES string of the molecule is COc1ccc(NC(=O)CC(N)C(C)C)cc1O. The van der Waals surface area contributed by atoms with E-state index in [0.29, 0.717) is 11.4 Å². The number of methoxy groups -OCH3 is 1. The van der Waals surface area contributed by atoms with Crippen LogP contribution < -0.4 is 15.8 Å². The molecular formula is C13H20N2O3. The third-order valence-electron chi connectivity index (χ3n) is 2.74. The summed E-state index contributed by atoms with van der Waals surface area (Å²) in [5, 5.41) is 12.3. The Morgan fingerprint density at radius 2 is 2.17 bits per heavy atom. The van der Waals surface area contributed by atoms with Crippen LogP contribution in [-0.4, -0.2) is 24.2 Å². The highest BCUT2D eigenvalue weighted by Crippen LogP contribution is 2.28. The van der Waals surface area contributed by atoms with Gasteiger partial charge in [0.1, 0.15) is 0 Å². The van der Waals surface area contributed by atoms with Crippen LogP contribution in [0, 0.1) is 5.92 Å². The summed E-state index contributed by atoms with van der Waals surface area (Å²) >= 11 is 0. The average molecular weight is 252 g/mol. The van der Waals surface area contributed by atoms with Crippen molar-refractivity contribution in [1.82, 2.24) is 0 Å². The highest BCUT2D eigenvalue weighted by molar-refractivity contribution is 5.91. The lowest BCUT2D eigenvalue weighted by Crippen LogP contribution is -2.31. The summed E-state index contributed by atoms with van der Waals surface area (Å²) in [5.41, 5.74) is 6.34. The van der Waals surface area contributed by atoms with Crippen molar-refractivity contribution in [2.45, 2.75) is 26.3 Å². The topological polar surface area (TPSA) is 84.6 Å². The molecule has 1 unspecified atom stereocenters. The number of benzene rings is 1. The summed E-state index contributed by atoms with van der Waals surface area (Å²) in [5.74, 6) is 0.441. The van der Waals surface area contributed by atoms with Gasteiger partial charge in [-0.1, -0.05) is 13.8 Å². The molecule has 0 fully saturated rings. The molecule has 0 saturated heterocycles. The van der Waals surface area contributed by atoms with Crippen LogP contribution in [-0.2, 0) is 4.79 Å². The van der Waals surface area contributed by atoms with Gasteiger partial charge in [0, 0.05) is 24.2 Å². The number of aromatic hydroxyl groups is 1. The molecule has 5 heteroatoms. The Kier molecular flexibility index (Phi) is 4.97. The minimum absolute atomic E-state index is 0.0107. The Bertz CT molecular complexity index is 419. The number of hydrogen-bond donors (Lipinski definition) is 3. The van der Waals surface area contributed by atoms with Crippen LogP contribution in [0.3, 0.4) is 0 Å². The maximum Gasteiger partial charge on any atom is 0.225 e. The first-order valence-corrected chi connectivity index (χ1v) is 5.86. The number of phenolic OH excluding ortho intramolecular Hbond substituents is 1. The molecule has 0 aliphatic heterocycles. The number of carbonyl (C=O) groups is 1. The van der Waals surface area contributed by atoms with E-state index in [2.05, 4.69) is 5.32 Å². The zero-order chi connectivity index (χ0) is 13.7. The van der Waals surface area contributed by atoms with E-state index in [1.54, 1.807) is 12.1 Å². The van der Waals surface area contributed by atoms with E-state index in [-0.39, 0.29) is 30.0 Å². The molecule has 0 heterocycles. The van der Waals surface area contributed by atoms with Crippen molar-refractivity contribution < 1.29 is 14.6 Å². The lowest BCUT2D eigenvalue weighted by Gasteiger charge is -2.15. The highest BCUT2D eigenvalue weighted by Gasteiger charge is 2.13. The molecule has 1 aromatic rings. The quantitative estimate of drug-likeness (QED) is 0.744. The number of rotatable bonds is 5. The van der Waals surface area contributed by atoms with Gasteiger partial charge in [0.2, 0.25) is 5.91 Å². The molecule has 0 radical (unpaired) electrons. The van der Waals surface area contributed by atoms with Crippen molar-refractivity contribution in [2.24, 2.45) is 11.7 Å². The maximum absolute atomic E-state index is 11.7. The molecule has 5 nitrogen and oxygen atoms in total. The van der Waals surface area contributed by atoms with Gasteiger partial charge < -0.3 is 20.9 Å². The van der Waals surface area contributed by atoms with Gasteiger partial charge in [0.15, 0.2) is 11.5 Å². The fourth-order valence-corrected chi connectivity index (χ4v) is 1.43. The molecule has 1 rings (SSSR count). The van der Waals surface area contributed by atoms with E-state index in [0.717, 1.165) is 0 Å². The van der Waals surface area contributed by atoms with Gasteiger partial charge in [-0.25, -0.2) is 0 Å². The molecule has 100 valence electrons. The van der Waals surface area contributed by atoms with Gasteiger partial charge in [-0.3, -0.25) is 4.79 Å². The number of anilines is 1. The van der Waals surface area contributed by atoms with Crippen molar-refractivity contribution in [2.75, 3.05) is 12.4 Å². The van der Waals surface area contributed by atoms with Crippen LogP contribution in [0.1, 0.15) is 20.3 Å². The fraction of sp³-hybridized carbons (Fsp3) is 0.462. The predicted molar refractivity (Wildman–Crippen MR) is 70.7 cm³/mol. The molecule has 1 aromatic carbocycles. The largest absolute Gasteiger partial charge is 0.504 e. The first-order valence-electron chi connectivity index (χ1n) is 5.86. The minimum atomic E-state index is -0.170. The second kappa shape index (κ2) is 6.26. The maximum atomic E-state index is 11.7. The Morgan fingerprint density at radius 1 is 1.50 bits per heavy atom. The summed E-state index contributed by atoms with van der Waals surface area (Å²) < 4.78 is 4.92. The van der Waals surface area contributed by atoms with Crippen LogP contribution in [0.15, 0.2) is 18.2 Å². The number of phenols is 1. The first kappa shape index (κ1) is 14.3. The number of ether oxygens (including phenoxy) is 1. The summed E-state index contributed by atoms with van der Waals surface area (Å²) in [7, 11) is 1.47. The second-order valence-corrected chi connectivity index (χ2v) is 4.55. The second-order valence-electron chi connectivity index (χ2n) is 4.55. The number of nitrogens with two attached hydrogens (primary N) is 1. The smallest absolute Gasteiger partial charge is 0.225 e. The van der Waals surface area contributed by atoms with Gasteiger partial charge in [-0.15, -0.1) is 0 Å². The molecular weight excluding hydrogens is 232 g/mol. The van der Waals surface area contributed by atoms with Gasteiger partial charge in [-0.2, -0.15) is 0 Å². The van der Waals surface area contributed by atoms with Crippen LogP contribution in [0.5, 0.6) is 11.5 Å². The number of nitrogens with one attached hydrogen (secondary N) is 1. The van der Waals surface area contributed by atoms with E-state index < -0.39 is 0 Å². The lowest BCUT2D eigenvalue weighted by molar-refractivity contribution is -0.116. The van der Waals surface area contributed by atoms with Gasteiger partial charge >= 0.3 is 0 Å². The zero-order valence-corrected chi connectivity index (χ0v) is 10.9. The lowest BCUT2D eigenvalue weighted by atomic mass is 10.0. The van der Waals surface area contributed by atoms with Crippen LogP contribution in [0.4, 0.5) is 5.69 Å². The van der Waals surface area contributed by atoms with Crippen molar-refractivity contribution in [3.05, 3.63) is 18.2 Å². The Morgan fingerprint density at radius 3 is 2.67 bits per heavy atom. The van der Waals surface area contributed by atoms with Crippen molar-refractivity contribution >= 4 is 11.6 Å². The van der Waals surface area contributed by atoms with Gasteiger partial charge in [0.25, 0.3) is 0 Å². The zero-order valence-electron chi connectivity index (χ0n) is 10.9. The van der Waals surface area contributed by atoms with Gasteiger partial charge in [-0.05, 0) is 18.1 Å². The van der Waals surface area contributed by atoms with Crippen molar-refractivity contribution in [3.63, 3.8) is 0 Å².